The van der Waals surface area contributed by atoms with Crippen LogP contribution in [-0.2, 0) is 6.42 Å². The molecular formula is C11H13BrN2. The fourth-order valence-electron chi connectivity index (χ4n) is 2.77. The second kappa shape index (κ2) is 2.97. The van der Waals surface area contributed by atoms with Crippen molar-refractivity contribution in [1.82, 2.24) is 0 Å². The Labute approximate surface area is 92.2 Å². The monoisotopic (exact) mass is 252 g/mol. The third-order valence-corrected chi connectivity index (χ3v) is 4.13. The van der Waals surface area contributed by atoms with Crippen molar-refractivity contribution in [1.29, 1.82) is 0 Å². The molecule has 2 nitrogen and oxygen atoms in total. The molecular weight excluding hydrogens is 240 g/mol. The van der Waals surface area contributed by atoms with Gasteiger partial charge in [-0.3, -0.25) is 0 Å². The summed E-state index contributed by atoms with van der Waals surface area (Å²) in [5.74, 6) is 6.65. The van der Waals surface area contributed by atoms with Crippen LogP contribution in [0.25, 0.3) is 0 Å². The van der Waals surface area contributed by atoms with Gasteiger partial charge in [-0.1, -0.05) is 15.9 Å². The zero-order valence-corrected chi connectivity index (χ0v) is 9.55. The summed E-state index contributed by atoms with van der Waals surface area (Å²) in [6, 6.07) is 4.26. The molecule has 2 N–H and O–H groups in total. The zero-order valence-electron chi connectivity index (χ0n) is 7.96. The minimum atomic E-state index is 0.677. The highest BCUT2D eigenvalue weighted by molar-refractivity contribution is 9.10. The molecule has 0 fully saturated rings. The number of hydrazine groups is 1. The van der Waals surface area contributed by atoms with E-state index in [-0.39, 0.29) is 0 Å². The van der Waals surface area contributed by atoms with Gasteiger partial charge in [-0.15, -0.1) is 0 Å². The first-order chi connectivity index (χ1) is 6.77. The summed E-state index contributed by atoms with van der Waals surface area (Å²) in [6.45, 7) is 0.999. The molecule has 0 radical (unpaired) electrons. The average Bonchev–Trinajstić information content (AvgIpc) is 2.50. The fourth-order valence-corrected chi connectivity index (χ4v) is 3.32. The van der Waals surface area contributed by atoms with Crippen molar-refractivity contribution in [3.05, 3.63) is 27.7 Å². The third kappa shape index (κ3) is 1.06. The first kappa shape index (κ1) is 8.74. The summed E-state index contributed by atoms with van der Waals surface area (Å²) >= 11 is 3.63. The van der Waals surface area contributed by atoms with Crippen LogP contribution in [0.5, 0.6) is 0 Å². The molecule has 3 heteroatoms. The standard InChI is InChI=1S/C11H13BrN2/c12-9-4-5-10-11-7(6-14(10)13)2-1-3-8(9)11/h4-5,7H,1-3,6,13H2. The molecule has 74 valence electrons. The van der Waals surface area contributed by atoms with Gasteiger partial charge in [-0.05, 0) is 42.5 Å². The molecule has 0 saturated heterocycles. The number of hydrogen-bond donors (Lipinski definition) is 1. The normalized spacial score (nSPS) is 23.9. The van der Waals surface area contributed by atoms with Crippen molar-refractivity contribution in [3.63, 3.8) is 0 Å². The van der Waals surface area contributed by atoms with Gasteiger partial charge in [-0.2, -0.15) is 0 Å². The SMILES string of the molecule is NN1CC2CCCc3c(Br)ccc1c32. The summed E-state index contributed by atoms with van der Waals surface area (Å²) in [4.78, 5) is 0. The van der Waals surface area contributed by atoms with Crippen LogP contribution < -0.4 is 10.9 Å². The first-order valence-corrected chi connectivity index (χ1v) is 5.90. The predicted molar refractivity (Wildman–Crippen MR) is 61.4 cm³/mol. The number of halogens is 1. The number of nitrogens with zero attached hydrogens (tertiary/aromatic N) is 1. The Morgan fingerprint density at radius 3 is 3.14 bits per heavy atom. The number of benzene rings is 1. The maximum Gasteiger partial charge on any atom is 0.0556 e. The van der Waals surface area contributed by atoms with Gasteiger partial charge in [0.15, 0.2) is 0 Å². The summed E-state index contributed by atoms with van der Waals surface area (Å²) in [5, 5.41) is 1.90. The van der Waals surface area contributed by atoms with Gasteiger partial charge in [0.1, 0.15) is 0 Å². The quantitative estimate of drug-likeness (QED) is 0.720. The Bertz CT molecular complexity index is 389. The molecule has 1 aliphatic heterocycles. The molecule has 3 rings (SSSR count). The molecule has 14 heavy (non-hydrogen) atoms. The minimum absolute atomic E-state index is 0.677. The summed E-state index contributed by atoms with van der Waals surface area (Å²) in [6.07, 6.45) is 3.80. The van der Waals surface area contributed by atoms with E-state index in [1.807, 2.05) is 5.01 Å². The molecule has 1 atom stereocenters. The molecule has 1 aliphatic carbocycles. The maximum atomic E-state index is 5.98. The summed E-state index contributed by atoms with van der Waals surface area (Å²) in [7, 11) is 0. The van der Waals surface area contributed by atoms with E-state index in [4.69, 9.17) is 5.84 Å². The van der Waals surface area contributed by atoms with Crippen LogP contribution in [-0.4, -0.2) is 6.54 Å². The highest BCUT2D eigenvalue weighted by atomic mass is 79.9. The van der Waals surface area contributed by atoms with Crippen molar-refractivity contribution < 1.29 is 0 Å². The van der Waals surface area contributed by atoms with Crippen molar-refractivity contribution in [2.24, 2.45) is 5.84 Å². The molecule has 1 unspecified atom stereocenters. The molecule has 1 heterocycles. The smallest absolute Gasteiger partial charge is 0.0556 e. The van der Waals surface area contributed by atoms with Gasteiger partial charge in [0.2, 0.25) is 0 Å². The second-order valence-corrected chi connectivity index (χ2v) is 5.05. The Hall–Kier alpha value is -0.540. The van der Waals surface area contributed by atoms with E-state index in [0.29, 0.717) is 5.92 Å². The van der Waals surface area contributed by atoms with Gasteiger partial charge >= 0.3 is 0 Å². The van der Waals surface area contributed by atoms with Crippen LogP contribution in [0.2, 0.25) is 0 Å². The maximum absolute atomic E-state index is 5.98. The topological polar surface area (TPSA) is 29.3 Å². The molecule has 0 aromatic heterocycles. The lowest BCUT2D eigenvalue weighted by molar-refractivity contribution is 0.574. The third-order valence-electron chi connectivity index (χ3n) is 3.39. The molecule has 0 spiro atoms. The van der Waals surface area contributed by atoms with E-state index >= 15 is 0 Å². The molecule has 2 aliphatic rings. The lowest BCUT2D eigenvalue weighted by Crippen LogP contribution is -2.29. The lowest BCUT2D eigenvalue weighted by Gasteiger charge is -2.21. The second-order valence-electron chi connectivity index (χ2n) is 4.20. The summed E-state index contributed by atoms with van der Waals surface area (Å²) in [5.41, 5.74) is 4.24. The molecule has 0 amide bonds. The van der Waals surface area contributed by atoms with Crippen molar-refractivity contribution >= 4 is 21.6 Å². The van der Waals surface area contributed by atoms with Crippen LogP contribution in [0, 0.1) is 0 Å². The predicted octanol–water partition coefficient (Wildman–Crippen LogP) is 2.56. The van der Waals surface area contributed by atoms with Crippen molar-refractivity contribution in [3.8, 4) is 0 Å². The highest BCUT2D eigenvalue weighted by Gasteiger charge is 2.32. The largest absolute Gasteiger partial charge is 0.310 e. The minimum Gasteiger partial charge on any atom is -0.310 e. The van der Waals surface area contributed by atoms with Crippen molar-refractivity contribution in [2.75, 3.05) is 11.6 Å². The van der Waals surface area contributed by atoms with E-state index < -0.39 is 0 Å². The van der Waals surface area contributed by atoms with E-state index in [2.05, 4.69) is 28.1 Å². The highest BCUT2D eigenvalue weighted by Crippen LogP contribution is 2.45. The number of rotatable bonds is 0. The molecule has 0 saturated carbocycles. The van der Waals surface area contributed by atoms with Crippen molar-refractivity contribution in [2.45, 2.75) is 25.2 Å². The zero-order chi connectivity index (χ0) is 9.71. The van der Waals surface area contributed by atoms with E-state index in [9.17, 15) is 0 Å². The van der Waals surface area contributed by atoms with E-state index in [0.717, 1.165) is 6.54 Å². The average molecular weight is 253 g/mol. The van der Waals surface area contributed by atoms with Gasteiger partial charge in [0.25, 0.3) is 0 Å². The van der Waals surface area contributed by atoms with E-state index in [1.54, 1.807) is 0 Å². The van der Waals surface area contributed by atoms with E-state index in [1.165, 1.54) is 40.5 Å². The Morgan fingerprint density at radius 2 is 2.29 bits per heavy atom. The Morgan fingerprint density at radius 1 is 1.43 bits per heavy atom. The molecule has 1 aromatic rings. The van der Waals surface area contributed by atoms with Crippen LogP contribution in [0.3, 0.4) is 0 Å². The lowest BCUT2D eigenvalue weighted by atomic mass is 9.84. The van der Waals surface area contributed by atoms with Gasteiger partial charge in [0, 0.05) is 16.9 Å². The van der Waals surface area contributed by atoms with Gasteiger partial charge < -0.3 is 5.01 Å². The number of hydrogen-bond acceptors (Lipinski definition) is 2. The number of nitrogens with two attached hydrogens (primary N) is 1. The molecule has 0 bridgehead atoms. The molecule has 1 aromatic carbocycles. The first-order valence-electron chi connectivity index (χ1n) is 5.11. The van der Waals surface area contributed by atoms with Gasteiger partial charge in [-0.25, -0.2) is 5.84 Å². The Balaban J connectivity index is 2.25. The van der Waals surface area contributed by atoms with Crippen LogP contribution >= 0.6 is 15.9 Å². The Kier molecular flexibility index (Phi) is 1.86. The number of anilines is 1. The fraction of sp³-hybridized carbons (Fsp3) is 0.455. The van der Waals surface area contributed by atoms with Crippen LogP contribution in [0.1, 0.15) is 29.9 Å². The summed E-state index contributed by atoms with van der Waals surface area (Å²) < 4.78 is 1.26. The van der Waals surface area contributed by atoms with Crippen LogP contribution in [0.4, 0.5) is 5.69 Å². The van der Waals surface area contributed by atoms with Crippen LogP contribution in [0.15, 0.2) is 16.6 Å². The van der Waals surface area contributed by atoms with Gasteiger partial charge in [0.05, 0.1) is 5.69 Å².